The van der Waals surface area contributed by atoms with E-state index in [4.69, 9.17) is 10.2 Å². The van der Waals surface area contributed by atoms with Crippen molar-refractivity contribution >= 4 is 42.8 Å². The molecule has 2 rings (SSSR count). The number of halogens is 2. The first-order valence-electron chi connectivity index (χ1n) is 5.62. The minimum absolute atomic E-state index is 0.445. The summed E-state index contributed by atoms with van der Waals surface area (Å²) in [7, 11) is 0. The molecule has 2 N–H and O–H groups in total. The number of hydrogen-bond donors (Lipinski definition) is 1. The molecule has 0 atom stereocenters. The van der Waals surface area contributed by atoms with Gasteiger partial charge in [-0.05, 0) is 40.4 Å². The van der Waals surface area contributed by atoms with Gasteiger partial charge in [-0.15, -0.1) is 0 Å². The smallest absolute Gasteiger partial charge is 0.148 e. The molecular formula is C13H15Br2NO. The average Bonchev–Trinajstić information content (AvgIpc) is 2.56. The van der Waals surface area contributed by atoms with Crippen molar-refractivity contribution in [3.63, 3.8) is 0 Å². The molecule has 0 spiro atoms. The number of hydrogen-bond acceptors (Lipinski definition) is 2. The van der Waals surface area contributed by atoms with Crippen LogP contribution in [0.15, 0.2) is 25.5 Å². The first kappa shape index (κ1) is 13.1. The Bertz CT molecular complexity index is 546. The molecule has 4 heteroatoms. The van der Waals surface area contributed by atoms with Crippen LogP contribution in [0.2, 0.25) is 0 Å². The van der Waals surface area contributed by atoms with Gasteiger partial charge in [0.25, 0.3) is 0 Å². The van der Waals surface area contributed by atoms with Gasteiger partial charge in [0.2, 0.25) is 0 Å². The van der Waals surface area contributed by atoms with Crippen molar-refractivity contribution in [3.8, 4) is 0 Å². The molecule has 2 nitrogen and oxygen atoms in total. The molecule has 1 aromatic heterocycles. The maximum atomic E-state index is 5.84. The van der Waals surface area contributed by atoms with Gasteiger partial charge in [-0.1, -0.05) is 29.8 Å². The van der Waals surface area contributed by atoms with Crippen LogP contribution in [0.5, 0.6) is 0 Å². The van der Waals surface area contributed by atoms with E-state index >= 15 is 0 Å². The van der Waals surface area contributed by atoms with Gasteiger partial charge in [0.1, 0.15) is 11.3 Å². The predicted octanol–water partition coefficient (Wildman–Crippen LogP) is 4.62. The minimum Gasteiger partial charge on any atom is -0.458 e. The van der Waals surface area contributed by atoms with E-state index in [2.05, 4.69) is 51.8 Å². The van der Waals surface area contributed by atoms with E-state index in [1.54, 1.807) is 0 Å². The number of nitrogens with two attached hydrogens (primary N) is 1. The normalized spacial score (nSPS) is 11.6. The molecule has 92 valence electrons. The van der Waals surface area contributed by atoms with Crippen LogP contribution in [0.25, 0.3) is 11.0 Å². The predicted molar refractivity (Wildman–Crippen MR) is 78.0 cm³/mol. The highest BCUT2D eigenvalue weighted by atomic mass is 79.9. The van der Waals surface area contributed by atoms with Crippen molar-refractivity contribution in [1.82, 2.24) is 0 Å². The maximum Gasteiger partial charge on any atom is 0.148 e. The van der Waals surface area contributed by atoms with Crippen LogP contribution in [0.1, 0.15) is 25.2 Å². The fourth-order valence-corrected chi connectivity index (χ4v) is 3.33. The monoisotopic (exact) mass is 359 g/mol. The summed E-state index contributed by atoms with van der Waals surface area (Å²) in [4.78, 5) is 0. The summed E-state index contributed by atoms with van der Waals surface area (Å²) in [6.45, 7) is 4.85. The molecular weight excluding hydrogens is 346 g/mol. The van der Waals surface area contributed by atoms with E-state index in [0.717, 1.165) is 32.1 Å². The SMILES string of the molecule is CC(C)Cc1c(CN)oc2c(Br)cc(Br)cc12. The molecule has 0 aliphatic rings. The Kier molecular flexibility index (Phi) is 3.95. The van der Waals surface area contributed by atoms with Gasteiger partial charge in [-0.3, -0.25) is 0 Å². The Labute approximate surface area is 118 Å². The quantitative estimate of drug-likeness (QED) is 0.867. The van der Waals surface area contributed by atoms with Crippen molar-refractivity contribution in [2.24, 2.45) is 11.7 Å². The standard InChI is InChI=1S/C13H15Br2NO/c1-7(2)3-9-10-4-8(14)5-11(15)13(10)17-12(9)6-16/h4-5,7H,3,6,16H2,1-2H3. The lowest BCUT2D eigenvalue weighted by Crippen LogP contribution is -2.01. The molecule has 0 aliphatic carbocycles. The largest absolute Gasteiger partial charge is 0.458 e. The van der Waals surface area contributed by atoms with Crippen LogP contribution in [-0.4, -0.2) is 0 Å². The third-order valence-corrected chi connectivity index (χ3v) is 3.74. The summed E-state index contributed by atoms with van der Waals surface area (Å²) in [5, 5.41) is 1.15. The summed E-state index contributed by atoms with van der Waals surface area (Å²) in [6, 6.07) is 4.09. The van der Waals surface area contributed by atoms with Gasteiger partial charge in [0.05, 0.1) is 11.0 Å². The molecule has 2 aromatic rings. The Morgan fingerprint density at radius 2 is 2.00 bits per heavy atom. The van der Waals surface area contributed by atoms with Gasteiger partial charge in [0, 0.05) is 15.4 Å². The summed E-state index contributed by atoms with van der Waals surface area (Å²) >= 11 is 7.04. The first-order valence-corrected chi connectivity index (χ1v) is 7.21. The van der Waals surface area contributed by atoms with Crippen molar-refractivity contribution in [2.45, 2.75) is 26.8 Å². The van der Waals surface area contributed by atoms with Crippen molar-refractivity contribution in [1.29, 1.82) is 0 Å². The Morgan fingerprint density at radius 3 is 2.59 bits per heavy atom. The molecule has 0 aliphatic heterocycles. The molecule has 0 amide bonds. The second-order valence-corrected chi connectivity index (χ2v) is 6.34. The zero-order valence-corrected chi connectivity index (χ0v) is 13.1. The fourth-order valence-electron chi connectivity index (χ4n) is 2.02. The summed E-state index contributed by atoms with van der Waals surface area (Å²) in [6.07, 6.45) is 0.989. The minimum atomic E-state index is 0.445. The lowest BCUT2D eigenvalue weighted by Gasteiger charge is -2.04. The van der Waals surface area contributed by atoms with Gasteiger partial charge in [-0.2, -0.15) is 0 Å². The molecule has 0 saturated heterocycles. The number of rotatable bonds is 3. The van der Waals surface area contributed by atoms with Crippen LogP contribution in [0.4, 0.5) is 0 Å². The molecule has 1 heterocycles. The molecule has 0 bridgehead atoms. The van der Waals surface area contributed by atoms with Crippen LogP contribution in [0, 0.1) is 5.92 Å². The molecule has 1 aromatic carbocycles. The van der Waals surface area contributed by atoms with Gasteiger partial charge < -0.3 is 10.2 Å². The van der Waals surface area contributed by atoms with E-state index in [1.807, 2.05) is 6.07 Å². The molecule has 0 radical (unpaired) electrons. The van der Waals surface area contributed by atoms with E-state index in [1.165, 1.54) is 5.56 Å². The Balaban J connectivity index is 2.69. The van der Waals surface area contributed by atoms with E-state index in [-0.39, 0.29) is 0 Å². The Hall–Kier alpha value is -0.320. The Morgan fingerprint density at radius 1 is 1.29 bits per heavy atom. The van der Waals surface area contributed by atoms with Gasteiger partial charge in [0.15, 0.2) is 0 Å². The van der Waals surface area contributed by atoms with Gasteiger partial charge >= 0.3 is 0 Å². The molecule has 0 unspecified atom stereocenters. The van der Waals surface area contributed by atoms with Crippen LogP contribution in [0.3, 0.4) is 0 Å². The maximum absolute atomic E-state index is 5.84. The average molecular weight is 361 g/mol. The summed E-state index contributed by atoms with van der Waals surface area (Å²) < 4.78 is 7.85. The second kappa shape index (κ2) is 5.12. The zero-order valence-electron chi connectivity index (χ0n) is 9.89. The fraction of sp³-hybridized carbons (Fsp3) is 0.385. The lowest BCUT2D eigenvalue weighted by molar-refractivity contribution is 0.534. The molecule has 0 fully saturated rings. The van der Waals surface area contributed by atoms with Crippen LogP contribution in [-0.2, 0) is 13.0 Å². The number of furan rings is 1. The van der Waals surface area contributed by atoms with Crippen LogP contribution >= 0.6 is 31.9 Å². The first-order chi connectivity index (χ1) is 8.02. The van der Waals surface area contributed by atoms with Gasteiger partial charge in [-0.25, -0.2) is 0 Å². The zero-order chi connectivity index (χ0) is 12.6. The van der Waals surface area contributed by atoms with Crippen molar-refractivity contribution in [3.05, 3.63) is 32.4 Å². The third-order valence-electron chi connectivity index (χ3n) is 2.69. The third kappa shape index (κ3) is 2.59. The highest BCUT2D eigenvalue weighted by Crippen LogP contribution is 2.35. The van der Waals surface area contributed by atoms with E-state index < -0.39 is 0 Å². The number of fused-ring (bicyclic) bond motifs is 1. The topological polar surface area (TPSA) is 39.2 Å². The van der Waals surface area contributed by atoms with Crippen molar-refractivity contribution < 1.29 is 4.42 Å². The van der Waals surface area contributed by atoms with E-state index in [9.17, 15) is 0 Å². The summed E-state index contributed by atoms with van der Waals surface area (Å²) in [5.41, 5.74) is 7.89. The van der Waals surface area contributed by atoms with Crippen molar-refractivity contribution in [2.75, 3.05) is 0 Å². The van der Waals surface area contributed by atoms with Crippen LogP contribution < -0.4 is 5.73 Å². The molecule has 17 heavy (non-hydrogen) atoms. The molecule has 0 saturated carbocycles. The lowest BCUT2D eigenvalue weighted by atomic mass is 10.00. The highest BCUT2D eigenvalue weighted by Gasteiger charge is 2.16. The number of benzene rings is 1. The summed E-state index contributed by atoms with van der Waals surface area (Å²) in [5.74, 6) is 1.48. The second-order valence-electron chi connectivity index (χ2n) is 4.57. The highest BCUT2D eigenvalue weighted by molar-refractivity contribution is 9.11. The van der Waals surface area contributed by atoms with E-state index in [0.29, 0.717) is 12.5 Å².